The van der Waals surface area contributed by atoms with Gasteiger partial charge in [0.15, 0.2) is 0 Å². The zero-order chi connectivity index (χ0) is 20.5. The number of likely N-dealkylation sites (N-methyl/N-ethyl adjacent to an activating group) is 1. The van der Waals surface area contributed by atoms with E-state index in [9.17, 15) is 9.59 Å². The molecule has 0 aromatic heterocycles. The zero-order valence-corrected chi connectivity index (χ0v) is 18.1. The Kier molecular flexibility index (Phi) is 8.87. The van der Waals surface area contributed by atoms with E-state index in [1.165, 1.54) is 11.1 Å². The second-order valence-electron chi connectivity index (χ2n) is 6.70. The van der Waals surface area contributed by atoms with E-state index in [1.807, 2.05) is 19.1 Å². The maximum absolute atomic E-state index is 12.9. The lowest BCUT2D eigenvalue weighted by Crippen LogP contribution is -2.48. The van der Waals surface area contributed by atoms with Gasteiger partial charge in [0, 0.05) is 23.9 Å². The van der Waals surface area contributed by atoms with Crippen molar-refractivity contribution in [2.24, 2.45) is 0 Å². The molecule has 6 heteroatoms. The van der Waals surface area contributed by atoms with Crippen LogP contribution in [0.2, 0.25) is 5.02 Å². The first kappa shape index (κ1) is 22.3. The van der Waals surface area contributed by atoms with Gasteiger partial charge in [-0.2, -0.15) is 0 Å². The van der Waals surface area contributed by atoms with E-state index in [0.29, 0.717) is 23.9 Å². The van der Waals surface area contributed by atoms with Crippen molar-refractivity contribution in [3.8, 4) is 0 Å². The van der Waals surface area contributed by atoms with Crippen LogP contribution in [0.1, 0.15) is 30.5 Å². The Hall–Kier alpha value is -1.98. The fraction of sp³-hybridized carbons (Fsp3) is 0.364. The SMILES string of the molecule is CCNC(=O)C(C)N(Cc1ccc(Cl)cc1)C(=O)CSCc1ccc(C)cc1. The highest BCUT2D eigenvalue weighted by atomic mass is 35.5. The molecule has 0 radical (unpaired) electrons. The van der Waals surface area contributed by atoms with Crippen molar-refractivity contribution < 1.29 is 9.59 Å². The third-order valence-electron chi connectivity index (χ3n) is 4.40. The van der Waals surface area contributed by atoms with Crippen molar-refractivity contribution >= 4 is 35.2 Å². The molecule has 4 nitrogen and oxygen atoms in total. The Labute approximate surface area is 176 Å². The smallest absolute Gasteiger partial charge is 0.242 e. The van der Waals surface area contributed by atoms with E-state index < -0.39 is 6.04 Å². The number of amides is 2. The molecule has 2 aromatic rings. The molecular weight excluding hydrogens is 392 g/mol. The molecule has 0 saturated heterocycles. The number of aryl methyl sites for hydroxylation is 1. The van der Waals surface area contributed by atoms with Crippen molar-refractivity contribution in [3.63, 3.8) is 0 Å². The molecule has 1 atom stereocenters. The summed E-state index contributed by atoms with van der Waals surface area (Å²) >= 11 is 7.51. The van der Waals surface area contributed by atoms with Gasteiger partial charge < -0.3 is 10.2 Å². The second kappa shape index (κ2) is 11.1. The van der Waals surface area contributed by atoms with Crippen molar-refractivity contribution in [2.45, 2.75) is 39.1 Å². The van der Waals surface area contributed by atoms with Gasteiger partial charge in [-0.1, -0.05) is 53.6 Å². The van der Waals surface area contributed by atoms with Gasteiger partial charge in [0.05, 0.1) is 5.75 Å². The number of halogens is 1. The van der Waals surface area contributed by atoms with Crippen LogP contribution in [-0.2, 0) is 21.9 Å². The van der Waals surface area contributed by atoms with Gasteiger partial charge in [-0.15, -0.1) is 11.8 Å². The Morgan fingerprint density at radius 1 is 1.07 bits per heavy atom. The molecule has 0 aliphatic rings. The molecule has 0 aliphatic carbocycles. The van der Waals surface area contributed by atoms with Crippen LogP contribution in [-0.4, -0.2) is 35.1 Å². The van der Waals surface area contributed by atoms with Crippen LogP contribution in [0.4, 0.5) is 0 Å². The first-order valence-corrected chi connectivity index (χ1v) is 10.9. The Morgan fingerprint density at radius 2 is 1.68 bits per heavy atom. The van der Waals surface area contributed by atoms with E-state index in [1.54, 1.807) is 35.7 Å². The molecule has 0 heterocycles. The Morgan fingerprint density at radius 3 is 2.29 bits per heavy atom. The summed E-state index contributed by atoms with van der Waals surface area (Å²) < 4.78 is 0. The number of hydrogen-bond acceptors (Lipinski definition) is 3. The molecule has 0 aliphatic heterocycles. The van der Waals surface area contributed by atoms with Gasteiger partial charge in [0.25, 0.3) is 0 Å². The van der Waals surface area contributed by atoms with E-state index in [-0.39, 0.29) is 11.8 Å². The quantitative estimate of drug-likeness (QED) is 0.655. The van der Waals surface area contributed by atoms with Crippen LogP contribution >= 0.6 is 23.4 Å². The van der Waals surface area contributed by atoms with Crippen molar-refractivity contribution in [3.05, 3.63) is 70.2 Å². The highest BCUT2D eigenvalue weighted by Gasteiger charge is 2.25. The lowest BCUT2D eigenvalue weighted by Gasteiger charge is -2.28. The average molecular weight is 419 g/mol. The fourth-order valence-corrected chi connectivity index (χ4v) is 3.71. The highest BCUT2D eigenvalue weighted by Crippen LogP contribution is 2.17. The molecule has 0 fully saturated rings. The molecule has 1 unspecified atom stereocenters. The summed E-state index contributed by atoms with van der Waals surface area (Å²) in [5, 5.41) is 3.45. The van der Waals surface area contributed by atoms with Crippen LogP contribution < -0.4 is 5.32 Å². The lowest BCUT2D eigenvalue weighted by molar-refractivity contribution is -0.138. The maximum Gasteiger partial charge on any atom is 0.242 e. The fourth-order valence-electron chi connectivity index (χ4n) is 2.71. The summed E-state index contributed by atoms with van der Waals surface area (Å²) in [4.78, 5) is 26.9. The van der Waals surface area contributed by atoms with E-state index in [4.69, 9.17) is 11.6 Å². The van der Waals surface area contributed by atoms with E-state index >= 15 is 0 Å². The average Bonchev–Trinajstić information content (AvgIpc) is 2.68. The number of nitrogens with zero attached hydrogens (tertiary/aromatic N) is 1. The molecule has 0 saturated carbocycles. The zero-order valence-electron chi connectivity index (χ0n) is 16.6. The summed E-state index contributed by atoms with van der Waals surface area (Å²) in [5.74, 6) is 0.890. The Balaban J connectivity index is 2.03. The predicted octanol–water partition coefficient (Wildman–Crippen LogP) is 4.44. The summed E-state index contributed by atoms with van der Waals surface area (Å²) in [6.45, 7) is 6.60. The number of carbonyl (C=O) groups excluding carboxylic acids is 2. The van der Waals surface area contributed by atoms with Crippen molar-refractivity contribution in [1.82, 2.24) is 10.2 Å². The minimum atomic E-state index is -0.539. The lowest BCUT2D eigenvalue weighted by atomic mass is 10.1. The molecule has 0 bridgehead atoms. The van der Waals surface area contributed by atoms with Crippen LogP contribution in [0, 0.1) is 6.92 Å². The maximum atomic E-state index is 12.9. The summed E-state index contributed by atoms with van der Waals surface area (Å²) in [6, 6.07) is 15.1. The number of rotatable bonds is 9. The van der Waals surface area contributed by atoms with Crippen LogP contribution in [0.3, 0.4) is 0 Å². The van der Waals surface area contributed by atoms with Gasteiger partial charge in [-0.25, -0.2) is 0 Å². The summed E-state index contributed by atoms with van der Waals surface area (Å²) in [5.41, 5.74) is 3.34. The third-order valence-corrected chi connectivity index (χ3v) is 5.64. The minimum Gasteiger partial charge on any atom is -0.355 e. The number of thioether (sulfide) groups is 1. The first-order chi connectivity index (χ1) is 13.4. The van der Waals surface area contributed by atoms with Crippen molar-refractivity contribution in [2.75, 3.05) is 12.3 Å². The van der Waals surface area contributed by atoms with Gasteiger partial charge in [-0.05, 0) is 44.0 Å². The largest absolute Gasteiger partial charge is 0.355 e. The molecule has 2 rings (SSSR count). The van der Waals surface area contributed by atoms with E-state index in [2.05, 4.69) is 36.5 Å². The molecule has 150 valence electrons. The van der Waals surface area contributed by atoms with Gasteiger partial charge >= 0.3 is 0 Å². The normalized spacial score (nSPS) is 11.7. The van der Waals surface area contributed by atoms with Crippen LogP contribution in [0.15, 0.2) is 48.5 Å². The molecule has 0 spiro atoms. The number of carbonyl (C=O) groups is 2. The van der Waals surface area contributed by atoms with Crippen LogP contribution in [0.5, 0.6) is 0 Å². The first-order valence-electron chi connectivity index (χ1n) is 9.35. The van der Waals surface area contributed by atoms with E-state index in [0.717, 1.165) is 11.3 Å². The summed E-state index contributed by atoms with van der Waals surface area (Å²) in [6.07, 6.45) is 0. The van der Waals surface area contributed by atoms with Crippen molar-refractivity contribution in [1.29, 1.82) is 0 Å². The third kappa shape index (κ3) is 6.88. The number of nitrogens with one attached hydrogen (secondary N) is 1. The molecule has 2 amide bonds. The predicted molar refractivity (Wildman–Crippen MR) is 117 cm³/mol. The van der Waals surface area contributed by atoms with Gasteiger partial charge in [0.1, 0.15) is 6.04 Å². The highest BCUT2D eigenvalue weighted by molar-refractivity contribution is 7.99. The summed E-state index contributed by atoms with van der Waals surface area (Å²) in [7, 11) is 0. The molecule has 1 N–H and O–H groups in total. The number of hydrogen-bond donors (Lipinski definition) is 1. The standard InChI is InChI=1S/C22H27ClN2O2S/c1-4-24-22(27)17(3)25(13-18-9-11-20(23)12-10-18)21(26)15-28-14-19-7-5-16(2)6-8-19/h5-12,17H,4,13-15H2,1-3H3,(H,24,27). The van der Waals surface area contributed by atoms with Gasteiger partial charge in [-0.3, -0.25) is 9.59 Å². The van der Waals surface area contributed by atoms with Gasteiger partial charge in [0.2, 0.25) is 11.8 Å². The molecule has 2 aromatic carbocycles. The topological polar surface area (TPSA) is 49.4 Å². The minimum absolute atomic E-state index is 0.0502. The monoisotopic (exact) mass is 418 g/mol. The second-order valence-corrected chi connectivity index (χ2v) is 8.12. The van der Waals surface area contributed by atoms with Crippen LogP contribution in [0.25, 0.3) is 0 Å². The number of benzene rings is 2. The Bertz CT molecular complexity index is 778. The molecule has 28 heavy (non-hydrogen) atoms. The molecular formula is C22H27ClN2O2S.